The van der Waals surface area contributed by atoms with E-state index in [2.05, 4.69) is 15.6 Å². The molecule has 5 N–H and O–H groups in total. The van der Waals surface area contributed by atoms with Crippen molar-refractivity contribution in [3.63, 3.8) is 0 Å². The van der Waals surface area contributed by atoms with Crippen LogP contribution in [-0.2, 0) is 33.8 Å². The lowest BCUT2D eigenvalue weighted by molar-refractivity contribution is -0.135. The number of fused-ring (bicyclic) bond motifs is 1. The molecule has 4 aromatic rings. The van der Waals surface area contributed by atoms with Crippen molar-refractivity contribution >= 4 is 28.8 Å². The Labute approximate surface area is 213 Å². The number of amides is 3. The van der Waals surface area contributed by atoms with Crippen LogP contribution in [0.15, 0.2) is 91.1 Å². The summed E-state index contributed by atoms with van der Waals surface area (Å²) in [5.41, 5.74) is 4.92. The van der Waals surface area contributed by atoms with Crippen LogP contribution in [0, 0.1) is 0 Å². The van der Waals surface area contributed by atoms with E-state index in [1.54, 1.807) is 11.7 Å². The van der Waals surface area contributed by atoms with Gasteiger partial charge < -0.3 is 20.4 Å². The van der Waals surface area contributed by atoms with E-state index in [1.165, 1.54) is 0 Å². The number of benzene rings is 3. The van der Waals surface area contributed by atoms with Crippen LogP contribution < -0.4 is 16.1 Å². The fourth-order valence-electron chi connectivity index (χ4n) is 4.05. The molecule has 0 aliphatic heterocycles. The third-order valence-electron chi connectivity index (χ3n) is 5.95. The van der Waals surface area contributed by atoms with E-state index in [-0.39, 0.29) is 19.4 Å². The molecule has 0 aliphatic carbocycles. The van der Waals surface area contributed by atoms with Gasteiger partial charge in [-0.25, -0.2) is 10.3 Å². The van der Waals surface area contributed by atoms with Gasteiger partial charge in [-0.15, -0.1) is 0 Å². The highest BCUT2D eigenvalue weighted by Crippen LogP contribution is 2.19. The summed E-state index contributed by atoms with van der Waals surface area (Å²) in [5.74, 6) is -1.36. The SMILES string of the molecule is O=C(N[C@H](Cc1ccccc1)C(=O)N[C@@H](Cc1c[nH]c2ccccc12)C(=O)NO)OCc1ccccc1. The van der Waals surface area contributed by atoms with Gasteiger partial charge >= 0.3 is 6.09 Å². The average Bonchev–Trinajstić information content (AvgIpc) is 3.34. The van der Waals surface area contributed by atoms with Crippen molar-refractivity contribution in [1.29, 1.82) is 0 Å². The van der Waals surface area contributed by atoms with Crippen molar-refractivity contribution in [1.82, 2.24) is 21.1 Å². The summed E-state index contributed by atoms with van der Waals surface area (Å²) in [5, 5.41) is 15.5. The van der Waals surface area contributed by atoms with Gasteiger partial charge in [-0.2, -0.15) is 0 Å². The Hall–Kier alpha value is -4.63. The van der Waals surface area contributed by atoms with Crippen molar-refractivity contribution in [2.75, 3.05) is 0 Å². The molecule has 2 atom stereocenters. The topological polar surface area (TPSA) is 133 Å². The molecular weight excluding hydrogens is 472 g/mol. The quantitative estimate of drug-likeness (QED) is 0.168. The molecule has 0 bridgehead atoms. The summed E-state index contributed by atoms with van der Waals surface area (Å²) < 4.78 is 5.30. The number of hydrogen-bond donors (Lipinski definition) is 5. The Morgan fingerprint density at radius 3 is 2.08 bits per heavy atom. The summed E-state index contributed by atoms with van der Waals surface area (Å²) in [6.45, 7) is 0.0441. The predicted octanol–water partition coefficient (Wildman–Crippen LogP) is 3.24. The lowest BCUT2D eigenvalue weighted by Crippen LogP contribution is -2.54. The summed E-state index contributed by atoms with van der Waals surface area (Å²) in [6, 6.07) is 23.8. The van der Waals surface area contributed by atoms with E-state index in [0.29, 0.717) is 0 Å². The zero-order valence-corrected chi connectivity index (χ0v) is 20.0. The van der Waals surface area contributed by atoms with Crippen LogP contribution in [0.3, 0.4) is 0 Å². The summed E-state index contributed by atoms with van der Waals surface area (Å²) in [4.78, 5) is 41.5. The van der Waals surface area contributed by atoms with Gasteiger partial charge in [0.15, 0.2) is 0 Å². The zero-order chi connectivity index (χ0) is 26.0. The Morgan fingerprint density at radius 2 is 1.38 bits per heavy atom. The van der Waals surface area contributed by atoms with Crippen LogP contribution in [0.25, 0.3) is 10.9 Å². The molecule has 1 aromatic heterocycles. The molecule has 0 fully saturated rings. The van der Waals surface area contributed by atoms with Crippen LogP contribution in [0.5, 0.6) is 0 Å². The van der Waals surface area contributed by atoms with Crippen molar-refractivity contribution < 1.29 is 24.3 Å². The molecule has 0 saturated carbocycles. The average molecular weight is 501 g/mol. The second-order valence-electron chi connectivity index (χ2n) is 8.55. The Morgan fingerprint density at radius 1 is 0.757 bits per heavy atom. The van der Waals surface area contributed by atoms with E-state index in [9.17, 15) is 19.6 Å². The number of carbonyl (C=O) groups is 3. The van der Waals surface area contributed by atoms with Gasteiger partial charge in [0.1, 0.15) is 18.7 Å². The van der Waals surface area contributed by atoms with Crippen molar-refractivity contribution in [3.05, 3.63) is 108 Å². The molecule has 0 aliphatic rings. The molecule has 0 unspecified atom stereocenters. The molecule has 9 nitrogen and oxygen atoms in total. The summed E-state index contributed by atoms with van der Waals surface area (Å²) in [7, 11) is 0. The summed E-state index contributed by atoms with van der Waals surface area (Å²) in [6.07, 6.45) is 1.29. The highest BCUT2D eigenvalue weighted by molar-refractivity contribution is 5.92. The van der Waals surface area contributed by atoms with Gasteiger partial charge in [-0.05, 0) is 22.8 Å². The number of aromatic nitrogens is 1. The first-order valence-corrected chi connectivity index (χ1v) is 11.8. The number of carbonyl (C=O) groups excluding carboxylic acids is 3. The maximum Gasteiger partial charge on any atom is 0.408 e. The van der Waals surface area contributed by atoms with Gasteiger partial charge in [0.2, 0.25) is 5.91 Å². The molecule has 190 valence electrons. The molecule has 0 spiro atoms. The van der Waals surface area contributed by atoms with Crippen LogP contribution in [0.1, 0.15) is 16.7 Å². The number of para-hydroxylation sites is 1. The first kappa shape index (κ1) is 25.5. The number of aromatic amines is 1. The normalized spacial score (nSPS) is 12.4. The molecule has 37 heavy (non-hydrogen) atoms. The van der Waals surface area contributed by atoms with Gasteiger partial charge in [0.25, 0.3) is 5.91 Å². The lowest BCUT2D eigenvalue weighted by Gasteiger charge is -2.22. The Kier molecular flexibility index (Phi) is 8.51. The number of nitrogens with one attached hydrogen (secondary N) is 4. The molecule has 9 heteroatoms. The minimum Gasteiger partial charge on any atom is -0.445 e. The maximum atomic E-state index is 13.3. The standard InChI is InChI=1S/C28H28N4O5/c33-26(30-25(27(34)32-36)16-21-17-29-23-14-8-7-13-22(21)23)24(15-19-9-3-1-4-10-19)31-28(35)37-18-20-11-5-2-6-12-20/h1-14,17,24-25,29,36H,15-16,18H2,(H,30,33)(H,31,35)(H,32,34)/t24-,25+/m1/s1. The monoisotopic (exact) mass is 500 g/mol. The maximum absolute atomic E-state index is 13.3. The smallest absolute Gasteiger partial charge is 0.408 e. The van der Waals surface area contributed by atoms with Crippen molar-refractivity contribution in [2.24, 2.45) is 0 Å². The number of hydroxylamine groups is 1. The van der Waals surface area contributed by atoms with Gasteiger partial charge in [-0.1, -0.05) is 78.9 Å². The number of rotatable bonds is 10. The number of H-pyrrole nitrogens is 1. The van der Waals surface area contributed by atoms with E-state index in [1.807, 2.05) is 84.9 Å². The molecule has 0 radical (unpaired) electrons. The lowest BCUT2D eigenvalue weighted by atomic mass is 10.0. The van der Waals surface area contributed by atoms with Crippen molar-refractivity contribution in [3.8, 4) is 0 Å². The minimum absolute atomic E-state index is 0.0441. The van der Waals surface area contributed by atoms with Crippen molar-refractivity contribution in [2.45, 2.75) is 31.5 Å². The highest BCUT2D eigenvalue weighted by atomic mass is 16.5. The second-order valence-corrected chi connectivity index (χ2v) is 8.55. The molecular formula is C28H28N4O5. The third-order valence-corrected chi connectivity index (χ3v) is 5.95. The Balaban J connectivity index is 1.48. The fourth-order valence-corrected chi connectivity index (χ4v) is 4.05. The van der Waals surface area contributed by atoms with Crippen LogP contribution >= 0.6 is 0 Å². The number of hydrogen-bond acceptors (Lipinski definition) is 5. The molecule has 1 heterocycles. The summed E-state index contributed by atoms with van der Waals surface area (Å²) >= 11 is 0. The number of ether oxygens (including phenoxy) is 1. The first-order valence-electron chi connectivity index (χ1n) is 11.8. The molecule has 4 rings (SSSR count). The molecule has 3 aromatic carbocycles. The van der Waals surface area contributed by atoms with E-state index < -0.39 is 30.0 Å². The fraction of sp³-hybridized carbons (Fsp3) is 0.179. The van der Waals surface area contributed by atoms with Gasteiger partial charge in [0.05, 0.1) is 0 Å². The Bertz CT molecular complexity index is 1340. The molecule has 3 amide bonds. The highest BCUT2D eigenvalue weighted by Gasteiger charge is 2.28. The first-order chi connectivity index (χ1) is 18.0. The number of alkyl carbamates (subject to hydrolysis) is 1. The zero-order valence-electron chi connectivity index (χ0n) is 20.0. The largest absolute Gasteiger partial charge is 0.445 e. The van der Waals surface area contributed by atoms with Crippen LogP contribution in [0.4, 0.5) is 4.79 Å². The predicted molar refractivity (Wildman–Crippen MR) is 138 cm³/mol. The van der Waals surface area contributed by atoms with Gasteiger partial charge in [-0.3, -0.25) is 14.8 Å². The minimum atomic E-state index is -1.09. The second kappa shape index (κ2) is 12.4. The third kappa shape index (κ3) is 6.96. The van der Waals surface area contributed by atoms with Gasteiger partial charge in [0, 0.05) is 29.9 Å². The molecule has 0 saturated heterocycles. The van der Waals surface area contributed by atoms with Crippen LogP contribution in [-0.4, -0.2) is 40.2 Å². The van der Waals surface area contributed by atoms with E-state index in [0.717, 1.165) is 27.6 Å². The van der Waals surface area contributed by atoms with E-state index in [4.69, 9.17) is 4.74 Å². The van der Waals surface area contributed by atoms with E-state index >= 15 is 0 Å². The van der Waals surface area contributed by atoms with Crippen LogP contribution in [0.2, 0.25) is 0 Å².